The van der Waals surface area contributed by atoms with Gasteiger partial charge >= 0.3 is 0 Å². The van der Waals surface area contributed by atoms with Crippen LogP contribution >= 0.6 is 11.6 Å². The van der Waals surface area contributed by atoms with E-state index in [1.54, 1.807) is 0 Å². The zero-order chi connectivity index (χ0) is 11.8. The lowest BCUT2D eigenvalue weighted by molar-refractivity contribution is 0.958. The minimum atomic E-state index is 0.709. The van der Waals surface area contributed by atoms with Crippen LogP contribution in [0, 0.1) is 6.92 Å². The summed E-state index contributed by atoms with van der Waals surface area (Å²) in [5, 5.41) is 5.06. The van der Waals surface area contributed by atoms with E-state index in [1.165, 1.54) is 0 Å². The number of amidine groups is 1. The molecule has 0 radical (unpaired) electrons. The summed E-state index contributed by atoms with van der Waals surface area (Å²) in [6.45, 7) is 3.77. The molecule has 17 heavy (non-hydrogen) atoms. The lowest BCUT2D eigenvalue weighted by Crippen LogP contribution is -2.21. The van der Waals surface area contributed by atoms with Gasteiger partial charge in [-0.1, -0.05) is 17.7 Å². The Morgan fingerprint density at radius 3 is 2.94 bits per heavy atom. The Labute approximate surface area is 105 Å². The van der Waals surface area contributed by atoms with Gasteiger partial charge in [0.05, 0.1) is 12.1 Å². The molecular formula is C13H12ClN3. The third-order valence-corrected chi connectivity index (χ3v) is 3.10. The normalized spacial score (nSPS) is 14.8. The second-order valence-electron chi connectivity index (χ2n) is 4.15. The van der Waals surface area contributed by atoms with Gasteiger partial charge in [-0.05, 0) is 30.7 Å². The van der Waals surface area contributed by atoms with E-state index in [0.29, 0.717) is 5.02 Å². The van der Waals surface area contributed by atoms with Crippen LogP contribution in [0.5, 0.6) is 0 Å². The molecule has 0 bridgehead atoms. The second kappa shape index (κ2) is 4.00. The minimum Gasteiger partial charge on any atom is -0.367 e. The van der Waals surface area contributed by atoms with Gasteiger partial charge in [0.1, 0.15) is 11.5 Å². The minimum absolute atomic E-state index is 0.709. The highest BCUT2D eigenvalue weighted by molar-refractivity contribution is 6.31. The molecule has 1 N–H and O–H groups in total. The summed E-state index contributed by atoms with van der Waals surface area (Å²) in [5.74, 6) is 0.893. The second-order valence-corrected chi connectivity index (χ2v) is 4.58. The van der Waals surface area contributed by atoms with E-state index in [1.807, 2.05) is 18.2 Å². The third kappa shape index (κ3) is 1.87. The third-order valence-electron chi connectivity index (χ3n) is 2.87. The molecule has 0 unspecified atom stereocenters. The molecular weight excluding hydrogens is 234 g/mol. The van der Waals surface area contributed by atoms with Gasteiger partial charge in [-0.15, -0.1) is 0 Å². The summed E-state index contributed by atoms with van der Waals surface area (Å²) in [5.41, 5.74) is 2.97. The fourth-order valence-corrected chi connectivity index (χ4v) is 2.21. The van der Waals surface area contributed by atoms with Crippen LogP contribution in [0.2, 0.25) is 5.02 Å². The lowest BCUT2D eigenvalue weighted by Gasteiger charge is -2.07. The number of benzene rings is 1. The average Bonchev–Trinajstić information content (AvgIpc) is 2.82. The van der Waals surface area contributed by atoms with Crippen molar-refractivity contribution in [2.24, 2.45) is 4.99 Å². The standard InChI is InChI=1S/C13H12ClN3/c1-8-6-9-2-3-10(14)7-11(9)17-12(8)13-15-4-5-16-13/h2-3,6-7H,4-5H2,1H3,(H,15,16). The Hall–Kier alpha value is -1.61. The molecule has 0 saturated carbocycles. The summed E-state index contributed by atoms with van der Waals surface area (Å²) < 4.78 is 0. The first-order valence-electron chi connectivity index (χ1n) is 5.59. The number of aryl methyl sites for hydroxylation is 1. The predicted molar refractivity (Wildman–Crippen MR) is 70.9 cm³/mol. The first-order valence-corrected chi connectivity index (χ1v) is 5.97. The molecule has 2 aromatic rings. The quantitative estimate of drug-likeness (QED) is 0.839. The van der Waals surface area contributed by atoms with Gasteiger partial charge in [-0.3, -0.25) is 4.99 Å². The molecule has 0 fully saturated rings. The number of aromatic nitrogens is 1. The molecule has 1 aromatic heterocycles. The number of hydrogen-bond donors (Lipinski definition) is 1. The van der Waals surface area contributed by atoms with Gasteiger partial charge in [-0.2, -0.15) is 0 Å². The number of halogens is 1. The summed E-state index contributed by atoms with van der Waals surface area (Å²) in [4.78, 5) is 9.05. The van der Waals surface area contributed by atoms with Crippen LogP contribution in [-0.2, 0) is 0 Å². The van der Waals surface area contributed by atoms with Crippen LogP contribution in [0.3, 0.4) is 0 Å². The van der Waals surface area contributed by atoms with Crippen molar-refractivity contribution < 1.29 is 0 Å². The van der Waals surface area contributed by atoms with Crippen molar-refractivity contribution >= 4 is 28.3 Å². The molecule has 1 aliphatic rings. The fourth-order valence-electron chi connectivity index (χ4n) is 2.04. The molecule has 1 aliphatic heterocycles. The average molecular weight is 246 g/mol. The fraction of sp³-hybridized carbons (Fsp3) is 0.231. The molecule has 1 aromatic carbocycles. The number of nitrogens with zero attached hydrogens (tertiary/aromatic N) is 2. The monoisotopic (exact) mass is 245 g/mol. The largest absolute Gasteiger partial charge is 0.367 e. The number of hydrogen-bond acceptors (Lipinski definition) is 3. The molecule has 0 spiro atoms. The van der Waals surface area contributed by atoms with Crippen molar-refractivity contribution in [3.05, 3.63) is 40.5 Å². The van der Waals surface area contributed by atoms with Crippen LogP contribution in [0.1, 0.15) is 11.3 Å². The van der Waals surface area contributed by atoms with Gasteiger partial charge in [0.2, 0.25) is 0 Å². The van der Waals surface area contributed by atoms with Crippen molar-refractivity contribution in [1.29, 1.82) is 0 Å². The Kier molecular flexibility index (Phi) is 2.48. The zero-order valence-electron chi connectivity index (χ0n) is 9.50. The summed E-state index contributed by atoms with van der Waals surface area (Å²) in [6, 6.07) is 7.88. The maximum absolute atomic E-state index is 5.98. The van der Waals surface area contributed by atoms with E-state index in [0.717, 1.165) is 41.1 Å². The first kappa shape index (κ1) is 10.5. The molecule has 3 nitrogen and oxygen atoms in total. The Balaban J connectivity index is 2.21. The number of fused-ring (bicyclic) bond motifs is 1. The molecule has 2 heterocycles. The van der Waals surface area contributed by atoms with Crippen LogP contribution in [0.4, 0.5) is 0 Å². The SMILES string of the molecule is Cc1cc2ccc(Cl)cc2nc1C1=NCCN1. The molecule has 0 aliphatic carbocycles. The Bertz CT molecular complexity index is 619. The van der Waals surface area contributed by atoms with E-state index in [9.17, 15) is 0 Å². The Morgan fingerprint density at radius 2 is 2.18 bits per heavy atom. The molecule has 3 rings (SSSR count). The van der Waals surface area contributed by atoms with Crippen molar-refractivity contribution in [1.82, 2.24) is 10.3 Å². The first-order chi connectivity index (χ1) is 8.24. The van der Waals surface area contributed by atoms with Gasteiger partial charge in [0.15, 0.2) is 0 Å². The van der Waals surface area contributed by atoms with Crippen LogP contribution in [-0.4, -0.2) is 23.9 Å². The van der Waals surface area contributed by atoms with E-state index in [2.05, 4.69) is 28.3 Å². The maximum Gasteiger partial charge on any atom is 0.147 e. The van der Waals surface area contributed by atoms with E-state index in [4.69, 9.17) is 11.6 Å². The molecule has 0 atom stereocenters. The topological polar surface area (TPSA) is 37.3 Å². The molecule has 4 heteroatoms. The molecule has 0 saturated heterocycles. The van der Waals surface area contributed by atoms with Crippen LogP contribution in [0.25, 0.3) is 10.9 Å². The van der Waals surface area contributed by atoms with Gasteiger partial charge in [-0.25, -0.2) is 4.98 Å². The lowest BCUT2D eigenvalue weighted by atomic mass is 10.1. The highest BCUT2D eigenvalue weighted by atomic mass is 35.5. The number of nitrogens with one attached hydrogen (secondary N) is 1. The summed E-state index contributed by atoms with van der Waals surface area (Å²) >= 11 is 5.98. The summed E-state index contributed by atoms with van der Waals surface area (Å²) in [6.07, 6.45) is 0. The highest BCUT2D eigenvalue weighted by Crippen LogP contribution is 2.20. The number of rotatable bonds is 1. The van der Waals surface area contributed by atoms with Crippen molar-refractivity contribution in [2.75, 3.05) is 13.1 Å². The molecule has 86 valence electrons. The maximum atomic E-state index is 5.98. The van der Waals surface area contributed by atoms with E-state index < -0.39 is 0 Å². The summed E-state index contributed by atoms with van der Waals surface area (Å²) in [7, 11) is 0. The highest BCUT2D eigenvalue weighted by Gasteiger charge is 2.13. The zero-order valence-corrected chi connectivity index (χ0v) is 10.3. The van der Waals surface area contributed by atoms with Crippen molar-refractivity contribution in [3.63, 3.8) is 0 Å². The Morgan fingerprint density at radius 1 is 1.29 bits per heavy atom. The molecule has 0 amide bonds. The van der Waals surface area contributed by atoms with Crippen molar-refractivity contribution in [2.45, 2.75) is 6.92 Å². The van der Waals surface area contributed by atoms with Crippen LogP contribution < -0.4 is 5.32 Å². The van der Waals surface area contributed by atoms with Gasteiger partial charge < -0.3 is 5.32 Å². The number of pyridine rings is 1. The van der Waals surface area contributed by atoms with Crippen molar-refractivity contribution in [3.8, 4) is 0 Å². The number of aliphatic imine (C=N–C) groups is 1. The predicted octanol–water partition coefficient (Wildman–Crippen LogP) is 2.55. The van der Waals surface area contributed by atoms with Crippen LogP contribution in [0.15, 0.2) is 29.3 Å². The van der Waals surface area contributed by atoms with E-state index >= 15 is 0 Å². The smallest absolute Gasteiger partial charge is 0.147 e. The van der Waals surface area contributed by atoms with Gasteiger partial charge in [0, 0.05) is 17.0 Å². The van der Waals surface area contributed by atoms with E-state index in [-0.39, 0.29) is 0 Å². The van der Waals surface area contributed by atoms with Gasteiger partial charge in [0.25, 0.3) is 0 Å².